The van der Waals surface area contributed by atoms with E-state index in [1.54, 1.807) is 23.9 Å². The van der Waals surface area contributed by atoms with Crippen LogP contribution in [0.1, 0.15) is 39.1 Å². The highest BCUT2D eigenvalue weighted by Crippen LogP contribution is 2.28. The summed E-state index contributed by atoms with van der Waals surface area (Å²) in [6, 6.07) is 20.0. The van der Waals surface area contributed by atoms with Gasteiger partial charge >= 0.3 is 0 Å². The molecule has 2 amide bonds. The fraction of sp³-hybridized carbons (Fsp3) is 0.276. The van der Waals surface area contributed by atoms with Crippen molar-refractivity contribution in [3.05, 3.63) is 107 Å². The number of thiophene rings is 1. The third kappa shape index (κ3) is 5.26. The fourth-order valence-corrected chi connectivity index (χ4v) is 5.70. The first kappa shape index (κ1) is 24.0. The lowest BCUT2D eigenvalue weighted by Crippen LogP contribution is -2.48. The predicted molar refractivity (Wildman–Crippen MR) is 143 cm³/mol. The number of aromatic nitrogens is 2. The summed E-state index contributed by atoms with van der Waals surface area (Å²) < 4.78 is 1.92. The van der Waals surface area contributed by atoms with Crippen molar-refractivity contribution in [1.29, 1.82) is 0 Å². The van der Waals surface area contributed by atoms with Crippen molar-refractivity contribution in [2.24, 2.45) is 5.92 Å². The molecule has 5 rings (SSSR count). The van der Waals surface area contributed by atoms with Crippen LogP contribution in [0.15, 0.2) is 90.1 Å². The van der Waals surface area contributed by atoms with Gasteiger partial charge in [0.2, 0.25) is 0 Å². The molecule has 1 aliphatic heterocycles. The standard InChI is InChI=1S/C29H30N4O2S/c1-31(28(34)25-13-18-36-20-25)27(19-22-5-3-2-4-6-22)23-11-15-32(16-12-23)29(35)24-7-9-26(10-8-24)33-17-14-30-21-33/h2-10,13-14,17-18,20-21,23,27H,11-12,15-16,19H2,1H3/t27-/m1/s1. The number of rotatable bonds is 7. The van der Waals surface area contributed by atoms with E-state index >= 15 is 0 Å². The van der Waals surface area contributed by atoms with Crippen molar-refractivity contribution in [1.82, 2.24) is 19.4 Å². The predicted octanol–water partition coefficient (Wildman–Crippen LogP) is 5.17. The van der Waals surface area contributed by atoms with Gasteiger partial charge in [0.05, 0.1) is 11.9 Å². The van der Waals surface area contributed by atoms with Gasteiger partial charge in [0.15, 0.2) is 0 Å². The third-order valence-corrected chi connectivity index (χ3v) is 7.84. The minimum Gasteiger partial charge on any atom is -0.339 e. The van der Waals surface area contributed by atoms with Gasteiger partial charge in [-0.1, -0.05) is 30.3 Å². The maximum absolute atomic E-state index is 13.2. The summed E-state index contributed by atoms with van der Waals surface area (Å²) in [5, 5.41) is 3.86. The molecule has 7 heteroatoms. The van der Waals surface area contributed by atoms with Crippen LogP contribution in [0.5, 0.6) is 0 Å². The second-order valence-corrected chi connectivity index (χ2v) is 10.1. The molecule has 0 spiro atoms. The molecule has 0 bridgehead atoms. The van der Waals surface area contributed by atoms with Crippen LogP contribution in [0, 0.1) is 5.92 Å². The topological polar surface area (TPSA) is 58.4 Å². The largest absolute Gasteiger partial charge is 0.339 e. The highest BCUT2D eigenvalue weighted by atomic mass is 32.1. The average molecular weight is 499 g/mol. The molecule has 0 saturated carbocycles. The normalized spacial score (nSPS) is 15.0. The molecular formula is C29H30N4O2S. The number of hydrogen-bond acceptors (Lipinski definition) is 4. The number of likely N-dealkylation sites (N-methyl/N-ethyl adjacent to an activating group) is 1. The van der Waals surface area contributed by atoms with Crippen LogP contribution < -0.4 is 0 Å². The molecule has 184 valence electrons. The molecule has 1 aliphatic rings. The number of carbonyl (C=O) groups is 2. The summed E-state index contributed by atoms with van der Waals surface area (Å²) in [7, 11) is 1.92. The first-order valence-corrected chi connectivity index (χ1v) is 13.3. The van der Waals surface area contributed by atoms with Gasteiger partial charge in [-0.2, -0.15) is 11.3 Å². The van der Waals surface area contributed by atoms with Crippen LogP contribution in [-0.4, -0.2) is 57.3 Å². The van der Waals surface area contributed by atoms with Crippen LogP contribution in [0.4, 0.5) is 0 Å². The number of piperidine rings is 1. The lowest BCUT2D eigenvalue weighted by atomic mass is 9.84. The third-order valence-electron chi connectivity index (χ3n) is 7.16. The van der Waals surface area contributed by atoms with Crippen LogP contribution in [0.3, 0.4) is 0 Å². The molecule has 1 atom stereocenters. The van der Waals surface area contributed by atoms with E-state index < -0.39 is 0 Å². The lowest BCUT2D eigenvalue weighted by molar-refractivity contribution is 0.0522. The van der Waals surface area contributed by atoms with Gasteiger partial charge in [0, 0.05) is 55.2 Å². The molecule has 0 unspecified atom stereocenters. The Labute approximate surface area is 215 Å². The quantitative estimate of drug-likeness (QED) is 0.353. The zero-order valence-corrected chi connectivity index (χ0v) is 21.2. The minimum atomic E-state index is 0.0629. The summed E-state index contributed by atoms with van der Waals surface area (Å²) in [5.74, 6) is 0.451. The van der Waals surface area contributed by atoms with E-state index in [2.05, 4.69) is 17.1 Å². The smallest absolute Gasteiger partial charge is 0.254 e. The van der Waals surface area contributed by atoms with E-state index in [9.17, 15) is 9.59 Å². The van der Waals surface area contributed by atoms with Gasteiger partial charge in [-0.25, -0.2) is 4.98 Å². The van der Waals surface area contributed by atoms with Gasteiger partial charge in [-0.05, 0) is 66.5 Å². The van der Waals surface area contributed by atoms with Crippen molar-refractivity contribution in [3.63, 3.8) is 0 Å². The van der Waals surface area contributed by atoms with E-state index in [1.165, 1.54) is 5.56 Å². The summed E-state index contributed by atoms with van der Waals surface area (Å²) >= 11 is 1.54. The molecular weight excluding hydrogens is 468 g/mol. The molecule has 36 heavy (non-hydrogen) atoms. The van der Waals surface area contributed by atoms with E-state index in [0.717, 1.165) is 30.5 Å². The molecule has 1 saturated heterocycles. The highest BCUT2D eigenvalue weighted by molar-refractivity contribution is 7.08. The zero-order chi connectivity index (χ0) is 24.9. The van der Waals surface area contributed by atoms with Gasteiger partial charge < -0.3 is 14.4 Å². The van der Waals surface area contributed by atoms with Crippen LogP contribution in [0.25, 0.3) is 5.69 Å². The van der Waals surface area contributed by atoms with Crippen molar-refractivity contribution in [2.45, 2.75) is 25.3 Å². The molecule has 6 nitrogen and oxygen atoms in total. The SMILES string of the molecule is CN(C(=O)c1ccsc1)[C@H](Cc1ccccc1)C1CCN(C(=O)c2ccc(-n3ccnc3)cc2)CC1. The Hall–Kier alpha value is -3.71. The monoisotopic (exact) mass is 498 g/mol. The Balaban J connectivity index is 1.26. The molecule has 1 fully saturated rings. The van der Waals surface area contributed by atoms with Gasteiger partial charge in [0.25, 0.3) is 11.8 Å². The number of likely N-dealkylation sites (tertiary alicyclic amines) is 1. The number of amides is 2. The first-order valence-electron chi connectivity index (χ1n) is 12.3. The lowest BCUT2D eigenvalue weighted by Gasteiger charge is -2.40. The van der Waals surface area contributed by atoms with Gasteiger partial charge in [-0.3, -0.25) is 9.59 Å². The van der Waals surface area contributed by atoms with Crippen LogP contribution >= 0.6 is 11.3 Å². The number of carbonyl (C=O) groups excluding carboxylic acids is 2. The maximum atomic E-state index is 13.2. The van der Waals surface area contributed by atoms with Crippen molar-refractivity contribution in [2.75, 3.05) is 20.1 Å². The highest BCUT2D eigenvalue weighted by Gasteiger charge is 2.33. The summed E-state index contributed by atoms with van der Waals surface area (Å²) in [6.07, 6.45) is 7.91. The Kier molecular flexibility index (Phi) is 7.28. The van der Waals surface area contributed by atoms with Crippen LogP contribution in [0.2, 0.25) is 0 Å². The summed E-state index contributed by atoms with van der Waals surface area (Å²) in [5.41, 5.74) is 3.64. The van der Waals surface area contributed by atoms with E-state index in [0.29, 0.717) is 24.6 Å². The number of imidazole rings is 1. The fourth-order valence-electron chi connectivity index (χ4n) is 5.07. The maximum Gasteiger partial charge on any atom is 0.254 e. The molecule has 2 aromatic carbocycles. The Bertz CT molecular complexity index is 1260. The first-order chi connectivity index (χ1) is 17.6. The Morgan fingerprint density at radius 2 is 1.78 bits per heavy atom. The van der Waals surface area contributed by atoms with Crippen molar-refractivity contribution < 1.29 is 9.59 Å². The molecule has 0 aliphatic carbocycles. The summed E-state index contributed by atoms with van der Waals surface area (Å²) in [4.78, 5) is 34.4. The molecule has 0 N–H and O–H groups in total. The number of hydrogen-bond donors (Lipinski definition) is 0. The minimum absolute atomic E-state index is 0.0629. The van der Waals surface area contributed by atoms with E-state index in [1.807, 2.05) is 86.9 Å². The second-order valence-electron chi connectivity index (χ2n) is 9.33. The Morgan fingerprint density at radius 3 is 2.42 bits per heavy atom. The molecule has 4 aromatic rings. The molecule has 0 radical (unpaired) electrons. The van der Waals surface area contributed by atoms with Crippen molar-refractivity contribution >= 4 is 23.2 Å². The molecule has 2 aromatic heterocycles. The second kappa shape index (κ2) is 10.9. The Morgan fingerprint density at radius 1 is 1.03 bits per heavy atom. The summed E-state index contributed by atoms with van der Waals surface area (Å²) in [6.45, 7) is 1.39. The number of nitrogens with zero attached hydrogens (tertiary/aromatic N) is 4. The van der Waals surface area contributed by atoms with E-state index in [-0.39, 0.29) is 17.9 Å². The number of benzene rings is 2. The van der Waals surface area contributed by atoms with Crippen molar-refractivity contribution in [3.8, 4) is 5.69 Å². The molecule has 3 heterocycles. The zero-order valence-electron chi connectivity index (χ0n) is 20.4. The average Bonchev–Trinajstić information content (AvgIpc) is 3.67. The van der Waals surface area contributed by atoms with Gasteiger partial charge in [0.1, 0.15) is 0 Å². The van der Waals surface area contributed by atoms with Crippen LogP contribution in [-0.2, 0) is 6.42 Å². The van der Waals surface area contributed by atoms with E-state index in [4.69, 9.17) is 0 Å². The van der Waals surface area contributed by atoms with Gasteiger partial charge in [-0.15, -0.1) is 0 Å².